The fourth-order valence-electron chi connectivity index (χ4n) is 3.35. The van der Waals surface area contributed by atoms with E-state index in [2.05, 4.69) is 10.2 Å². The maximum Gasteiger partial charge on any atom is 0.433 e. The standard InChI is InChI=1S/C20H23ClN4O7/c1-30-17-11-15(22)14(21)10-13(17)20(27)31-9-8-24-6-4-12(5-7-24)23-19(26)16-2-3-18(32-16)25(28)29/h2-3,10-12H,4-9,22H2,1H3,(H,23,26). The molecule has 12 heteroatoms. The lowest BCUT2D eigenvalue weighted by Crippen LogP contribution is -2.45. The largest absolute Gasteiger partial charge is 0.496 e. The van der Waals surface area contributed by atoms with Crippen LogP contribution < -0.4 is 15.8 Å². The first-order valence-corrected chi connectivity index (χ1v) is 10.2. The van der Waals surface area contributed by atoms with Crippen LogP contribution in [0.3, 0.4) is 0 Å². The molecule has 0 aliphatic carbocycles. The van der Waals surface area contributed by atoms with Crippen LogP contribution in [0.2, 0.25) is 5.02 Å². The van der Waals surface area contributed by atoms with Gasteiger partial charge in [0.25, 0.3) is 5.91 Å². The molecule has 3 rings (SSSR count). The molecular weight excluding hydrogens is 444 g/mol. The van der Waals surface area contributed by atoms with Crippen molar-refractivity contribution in [1.82, 2.24) is 10.2 Å². The number of likely N-dealkylation sites (tertiary alicyclic amines) is 1. The molecule has 172 valence electrons. The fraction of sp³-hybridized carbons (Fsp3) is 0.400. The molecule has 1 aliphatic rings. The highest BCUT2D eigenvalue weighted by molar-refractivity contribution is 6.33. The molecule has 1 saturated heterocycles. The maximum absolute atomic E-state index is 12.4. The SMILES string of the molecule is COc1cc(N)c(Cl)cc1C(=O)OCCN1CCC(NC(=O)c2ccc([N+](=O)[O-])o2)CC1. The number of anilines is 1. The lowest BCUT2D eigenvalue weighted by Gasteiger charge is -2.31. The number of methoxy groups -OCH3 is 1. The number of nitro groups is 1. The first kappa shape index (κ1) is 23.4. The normalized spacial score (nSPS) is 14.7. The number of hydrogen-bond donors (Lipinski definition) is 2. The number of amides is 1. The van der Waals surface area contributed by atoms with Crippen molar-refractivity contribution in [1.29, 1.82) is 0 Å². The number of hydrogen-bond acceptors (Lipinski definition) is 9. The van der Waals surface area contributed by atoms with E-state index in [0.717, 1.165) is 6.07 Å². The molecule has 1 aliphatic heterocycles. The van der Waals surface area contributed by atoms with Crippen LogP contribution in [0.5, 0.6) is 5.75 Å². The van der Waals surface area contributed by atoms with Gasteiger partial charge in [-0.25, -0.2) is 4.79 Å². The van der Waals surface area contributed by atoms with Gasteiger partial charge >= 0.3 is 11.9 Å². The van der Waals surface area contributed by atoms with Crippen molar-refractivity contribution < 1.29 is 28.4 Å². The number of esters is 1. The van der Waals surface area contributed by atoms with Gasteiger partial charge in [0.2, 0.25) is 0 Å². The Morgan fingerprint density at radius 3 is 2.69 bits per heavy atom. The molecule has 2 aromatic rings. The average Bonchev–Trinajstić information content (AvgIpc) is 3.27. The van der Waals surface area contributed by atoms with Crippen LogP contribution >= 0.6 is 11.6 Å². The third-order valence-electron chi connectivity index (χ3n) is 5.10. The monoisotopic (exact) mass is 466 g/mol. The predicted molar refractivity (Wildman–Crippen MR) is 115 cm³/mol. The van der Waals surface area contributed by atoms with Crippen molar-refractivity contribution in [3.8, 4) is 5.75 Å². The zero-order valence-corrected chi connectivity index (χ0v) is 18.1. The highest BCUT2D eigenvalue weighted by Crippen LogP contribution is 2.29. The molecule has 1 aromatic carbocycles. The Labute approximate surface area is 188 Å². The van der Waals surface area contributed by atoms with Crippen LogP contribution in [0, 0.1) is 10.1 Å². The Morgan fingerprint density at radius 1 is 1.34 bits per heavy atom. The van der Waals surface area contributed by atoms with Gasteiger partial charge in [-0.2, -0.15) is 0 Å². The topological polar surface area (TPSA) is 150 Å². The fourth-order valence-corrected chi connectivity index (χ4v) is 3.51. The number of benzene rings is 1. The Kier molecular flexibility index (Phi) is 7.54. The first-order valence-electron chi connectivity index (χ1n) is 9.86. The lowest BCUT2D eigenvalue weighted by molar-refractivity contribution is -0.402. The van der Waals surface area contributed by atoms with Crippen molar-refractivity contribution in [2.45, 2.75) is 18.9 Å². The summed E-state index contributed by atoms with van der Waals surface area (Å²) in [6.07, 6.45) is 1.37. The summed E-state index contributed by atoms with van der Waals surface area (Å²) in [4.78, 5) is 36.6. The quantitative estimate of drug-likeness (QED) is 0.259. The van der Waals surface area contributed by atoms with Gasteiger partial charge in [-0.15, -0.1) is 0 Å². The van der Waals surface area contributed by atoms with E-state index in [1.54, 1.807) is 0 Å². The van der Waals surface area contributed by atoms with E-state index >= 15 is 0 Å². The number of carbonyl (C=O) groups is 2. The Hall–Kier alpha value is -3.31. The first-order chi connectivity index (χ1) is 15.3. The molecule has 2 heterocycles. The number of furan rings is 1. The van der Waals surface area contributed by atoms with E-state index in [1.807, 2.05) is 0 Å². The molecule has 1 amide bonds. The van der Waals surface area contributed by atoms with E-state index in [4.69, 9.17) is 31.2 Å². The van der Waals surface area contributed by atoms with Crippen LogP contribution in [0.15, 0.2) is 28.7 Å². The number of nitrogen functional groups attached to an aromatic ring is 1. The molecule has 1 fully saturated rings. The third-order valence-corrected chi connectivity index (χ3v) is 5.43. The van der Waals surface area contributed by atoms with Crippen LogP contribution in [0.1, 0.15) is 33.8 Å². The molecule has 0 bridgehead atoms. The minimum Gasteiger partial charge on any atom is -0.496 e. The summed E-state index contributed by atoms with van der Waals surface area (Å²) in [5.41, 5.74) is 6.23. The van der Waals surface area contributed by atoms with Crippen LogP contribution in [0.4, 0.5) is 11.6 Å². The van der Waals surface area contributed by atoms with Crippen molar-refractivity contribution in [3.63, 3.8) is 0 Å². The number of nitrogens with zero attached hydrogens (tertiary/aromatic N) is 2. The van der Waals surface area contributed by atoms with E-state index in [1.165, 1.54) is 25.3 Å². The number of ether oxygens (including phenoxy) is 2. The average molecular weight is 467 g/mol. The number of nitrogens with two attached hydrogens (primary N) is 1. The van der Waals surface area contributed by atoms with Crippen molar-refractivity contribution >= 4 is 35.0 Å². The third kappa shape index (κ3) is 5.68. The zero-order valence-electron chi connectivity index (χ0n) is 17.3. The Balaban J connectivity index is 1.42. The number of carbonyl (C=O) groups excluding carboxylic acids is 2. The van der Waals surface area contributed by atoms with Gasteiger partial charge in [0.05, 0.1) is 23.9 Å². The number of piperidine rings is 1. The number of rotatable bonds is 8. The summed E-state index contributed by atoms with van der Waals surface area (Å²) in [6, 6.07) is 5.23. The van der Waals surface area contributed by atoms with Gasteiger partial charge in [-0.05, 0) is 25.0 Å². The van der Waals surface area contributed by atoms with E-state index in [0.29, 0.717) is 38.2 Å². The van der Waals surface area contributed by atoms with E-state index < -0.39 is 22.7 Å². The molecule has 0 saturated carbocycles. The second kappa shape index (κ2) is 10.3. The van der Waals surface area contributed by atoms with E-state index in [-0.39, 0.29) is 34.7 Å². The molecule has 11 nitrogen and oxygen atoms in total. The molecule has 3 N–H and O–H groups in total. The van der Waals surface area contributed by atoms with Gasteiger partial charge < -0.3 is 24.9 Å². The van der Waals surface area contributed by atoms with Gasteiger partial charge in [-0.1, -0.05) is 11.6 Å². The van der Waals surface area contributed by atoms with Crippen molar-refractivity contribution in [3.05, 3.63) is 50.7 Å². The molecule has 32 heavy (non-hydrogen) atoms. The molecule has 0 atom stereocenters. The predicted octanol–water partition coefficient (Wildman–Crippen LogP) is 2.48. The molecule has 0 spiro atoms. The van der Waals surface area contributed by atoms with Crippen molar-refractivity contribution in [2.75, 3.05) is 39.1 Å². The molecule has 1 aromatic heterocycles. The number of nitrogens with one attached hydrogen (secondary N) is 1. The summed E-state index contributed by atoms with van der Waals surface area (Å²) in [5, 5.41) is 13.7. The summed E-state index contributed by atoms with van der Waals surface area (Å²) in [7, 11) is 1.43. The second-order valence-corrected chi connectivity index (χ2v) is 7.60. The van der Waals surface area contributed by atoms with Crippen LogP contribution in [0.25, 0.3) is 0 Å². The Bertz CT molecular complexity index is 1000. The van der Waals surface area contributed by atoms with Gasteiger partial charge in [0, 0.05) is 31.7 Å². The van der Waals surface area contributed by atoms with Gasteiger partial charge in [0.15, 0.2) is 5.76 Å². The number of halogens is 1. The van der Waals surface area contributed by atoms with E-state index in [9.17, 15) is 19.7 Å². The highest BCUT2D eigenvalue weighted by atomic mass is 35.5. The Morgan fingerprint density at radius 2 is 2.06 bits per heavy atom. The van der Waals surface area contributed by atoms with Gasteiger partial charge in [0.1, 0.15) is 22.8 Å². The summed E-state index contributed by atoms with van der Waals surface area (Å²) in [5.74, 6) is -1.32. The maximum atomic E-state index is 12.4. The minimum atomic E-state index is -0.694. The van der Waals surface area contributed by atoms with Crippen molar-refractivity contribution in [2.24, 2.45) is 0 Å². The molecular formula is C20H23ClN4O7. The van der Waals surface area contributed by atoms with Crippen LogP contribution in [-0.4, -0.2) is 61.1 Å². The summed E-state index contributed by atoms with van der Waals surface area (Å²) >= 11 is 5.98. The van der Waals surface area contributed by atoms with Crippen LogP contribution in [-0.2, 0) is 4.74 Å². The smallest absolute Gasteiger partial charge is 0.433 e. The summed E-state index contributed by atoms with van der Waals surface area (Å²) in [6.45, 7) is 2.09. The lowest BCUT2D eigenvalue weighted by atomic mass is 10.0. The van der Waals surface area contributed by atoms with Gasteiger partial charge in [-0.3, -0.25) is 19.8 Å². The zero-order chi connectivity index (χ0) is 23.3. The minimum absolute atomic E-state index is 0.0772. The second-order valence-electron chi connectivity index (χ2n) is 7.19. The highest BCUT2D eigenvalue weighted by Gasteiger charge is 2.24. The summed E-state index contributed by atoms with van der Waals surface area (Å²) < 4.78 is 15.4. The molecule has 0 radical (unpaired) electrons. The molecule has 0 unspecified atom stereocenters.